The Hall–Kier alpha value is -2.44. The molecule has 1 heterocycles. The molecule has 0 aliphatic carbocycles. The zero-order valence-electron chi connectivity index (χ0n) is 9.75. The topological polar surface area (TPSA) is 97.1 Å². The van der Waals surface area contributed by atoms with Crippen LogP contribution in [0, 0.1) is 0 Å². The molecule has 0 saturated heterocycles. The van der Waals surface area contributed by atoms with Gasteiger partial charge in [-0.05, 0) is 18.2 Å². The normalized spacial score (nSPS) is 10.5. The van der Waals surface area contributed by atoms with Crippen LogP contribution in [0.2, 0.25) is 0 Å². The monoisotopic (exact) mass is 248 g/mol. The first kappa shape index (κ1) is 12.0. The molecule has 0 bridgehead atoms. The third kappa shape index (κ3) is 2.45. The third-order valence-corrected chi connectivity index (χ3v) is 2.46. The predicted molar refractivity (Wildman–Crippen MR) is 63.2 cm³/mol. The Balaban J connectivity index is 2.25. The number of amides is 1. The Kier molecular flexibility index (Phi) is 3.22. The first-order valence-electron chi connectivity index (χ1n) is 5.39. The number of rotatable bonds is 4. The van der Waals surface area contributed by atoms with Crippen LogP contribution in [0.25, 0.3) is 11.0 Å². The van der Waals surface area contributed by atoms with E-state index in [0.29, 0.717) is 24.1 Å². The van der Waals surface area contributed by atoms with Crippen molar-refractivity contribution >= 4 is 22.9 Å². The van der Waals surface area contributed by atoms with Crippen LogP contribution in [0.1, 0.15) is 17.3 Å². The van der Waals surface area contributed by atoms with Crippen molar-refractivity contribution in [2.75, 3.05) is 6.54 Å². The van der Waals surface area contributed by atoms with E-state index in [-0.39, 0.29) is 11.5 Å². The van der Waals surface area contributed by atoms with Crippen molar-refractivity contribution in [2.24, 2.45) is 0 Å². The summed E-state index contributed by atoms with van der Waals surface area (Å²) < 4.78 is 1.57. The van der Waals surface area contributed by atoms with Crippen molar-refractivity contribution in [1.82, 2.24) is 20.3 Å². The molecule has 0 unspecified atom stereocenters. The number of benzene rings is 1. The van der Waals surface area contributed by atoms with Gasteiger partial charge in [0.1, 0.15) is 5.52 Å². The van der Waals surface area contributed by atoms with Crippen molar-refractivity contribution < 1.29 is 14.7 Å². The average Bonchev–Trinajstić information content (AvgIpc) is 2.71. The maximum atomic E-state index is 10.9. The Morgan fingerprint density at radius 1 is 1.44 bits per heavy atom. The molecule has 0 fully saturated rings. The number of nitrogens with zero attached hydrogens (tertiary/aromatic N) is 3. The number of carbonyl (C=O) groups is 2. The first-order valence-corrected chi connectivity index (χ1v) is 5.39. The SMILES string of the molecule is CC(=O)NCCn1nnc2ccc(C(=O)O)cc21. The standard InChI is InChI=1S/C11H12N4O3/c1-7(16)12-4-5-15-10-6-8(11(17)18)2-3-9(10)13-14-15/h2-3,6H,4-5H2,1H3,(H,12,16)(H,17,18). The molecule has 0 aliphatic rings. The van der Waals surface area contributed by atoms with Crippen LogP contribution in [0.4, 0.5) is 0 Å². The molecule has 1 amide bonds. The van der Waals surface area contributed by atoms with E-state index in [1.807, 2.05) is 0 Å². The first-order chi connectivity index (χ1) is 8.58. The van der Waals surface area contributed by atoms with E-state index in [0.717, 1.165) is 0 Å². The minimum Gasteiger partial charge on any atom is -0.478 e. The second-order valence-electron chi connectivity index (χ2n) is 3.80. The summed E-state index contributed by atoms with van der Waals surface area (Å²) in [6.07, 6.45) is 0. The van der Waals surface area contributed by atoms with Crippen LogP contribution in [-0.2, 0) is 11.3 Å². The van der Waals surface area contributed by atoms with Gasteiger partial charge in [-0.15, -0.1) is 5.10 Å². The highest BCUT2D eigenvalue weighted by Crippen LogP contribution is 2.13. The van der Waals surface area contributed by atoms with Gasteiger partial charge in [-0.1, -0.05) is 5.21 Å². The van der Waals surface area contributed by atoms with Crippen LogP contribution in [0.3, 0.4) is 0 Å². The highest BCUT2D eigenvalue weighted by Gasteiger charge is 2.09. The zero-order chi connectivity index (χ0) is 13.1. The van der Waals surface area contributed by atoms with Crippen molar-refractivity contribution in [2.45, 2.75) is 13.5 Å². The highest BCUT2D eigenvalue weighted by molar-refractivity contribution is 5.92. The summed E-state index contributed by atoms with van der Waals surface area (Å²) in [6.45, 7) is 2.30. The fourth-order valence-corrected chi connectivity index (χ4v) is 1.60. The van der Waals surface area contributed by atoms with E-state index in [9.17, 15) is 9.59 Å². The fourth-order valence-electron chi connectivity index (χ4n) is 1.60. The Morgan fingerprint density at radius 2 is 2.22 bits per heavy atom. The number of nitrogens with one attached hydrogen (secondary N) is 1. The van der Waals surface area contributed by atoms with E-state index < -0.39 is 5.97 Å². The second-order valence-corrected chi connectivity index (χ2v) is 3.80. The molecule has 0 aliphatic heterocycles. The molecular weight excluding hydrogens is 236 g/mol. The molecule has 0 saturated carbocycles. The average molecular weight is 248 g/mol. The Morgan fingerprint density at radius 3 is 2.89 bits per heavy atom. The number of carboxylic acid groups (broad SMARTS) is 1. The lowest BCUT2D eigenvalue weighted by atomic mass is 10.2. The minimum absolute atomic E-state index is 0.120. The van der Waals surface area contributed by atoms with Crippen molar-refractivity contribution in [3.63, 3.8) is 0 Å². The molecule has 1 aromatic heterocycles. The highest BCUT2D eigenvalue weighted by atomic mass is 16.4. The summed E-state index contributed by atoms with van der Waals surface area (Å²) in [5.74, 6) is -1.11. The fraction of sp³-hybridized carbons (Fsp3) is 0.273. The number of hydrogen-bond acceptors (Lipinski definition) is 4. The van der Waals surface area contributed by atoms with Gasteiger partial charge in [-0.2, -0.15) is 0 Å². The molecule has 2 N–H and O–H groups in total. The zero-order valence-corrected chi connectivity index (χ0v) is 9.75. The van der Waals surface area contributed by atoms with Crippen LogP contribution < -0.4 is 5.32 Å². The Bertz CT molecular complexity index is 605. The molecule has 0 atom stereocenters. The van der Waals surface area contributed by atoms with E-state index in [2.05, 4.69) is 15.6 Å². The van der Waals surface area contributed by atoms with Crippen LogP contribution in [0.5, 0.6) is 0 Å². The van der Waals surface area contributed by atoms with Gasteiger partial charge in [0.2, 0.25) is 5.91 Å². The molecule has 94 valence electrons. The largest absolute Gasteiger partial charge is 0.478 e. The summed E-state index contributed by atoms with van der Waals surface area (Å²) in [5, 5.41) is 19.4. The number of aromatic nitrogens is 3. The van der Waals surface area contributed by atoms with E-state index in [1.165, 1.54) is 19.1 Å². The number of fused-ring (bicyclic) bond motifs is 1. The van der Waals surface area contributed by atoms with Gasteiger partial charge >= 0.3 is 5.97 Å². The van der Waals surface area contributed by atoms with Gasteiger partial charge in [-0.25, -0.2) is 9.48 Å². The molecule has 7 nitrogen and oxygen atoms in total. The maximum Gasteiger partial charge on any atom is 0.335 e. The number of hydrogen-bond donors (Lipinski definition) is 2. The van der Waals surface area contributed by atoms with E-state index in [4.69, 9.17) is 5.11 Å². The van der Waals surface area contributed by atoms with Gasteiger partial charge < -0.3 is 10.4 Å². The summed E-state index contributed by atoms with van der Waals surface area (Å²) in [5.41, 5.74) is 1.45. The second kappa shape index (κ2) is 4.82. The number of aromatic carboxylic acids is 1. The summed E-state index contributed by atoms with van der Waals surface area (Å²) in [4.78, 5) is 21.6. The number of carboxylic acids is 1. The van der Waals surface area contributed by atoms with E-state index in [1.54, 1.807) is 10.7 Å². The van der Waals surface area contributed by atoms with Gasteiger partial charge in [0.15, 0.2) is 0 Å². The lowest BCUT2D eigenvalue weighted by Crippen LogP contribution is -2.24. The van der Waals surface area contributed by atoms with Crippen molar-refractivity contribution in [1.29, 1.82) is 0 Å². The molecule has 1 aromatic carbocycles. The molecule has 0 spiro atoms. The molecule has 2 rings (SSSR count). The lowest BCUT2D eigenvalue weighted by molar-refractivity contribution is -0.118. The predicted octanol–water partition coefficient (Wildman–Crippen LogP) is 0.266. The van der Waals surface area contributed by atoms with Crippen LogP contribution in [-0.4, -0.2) is 38.5 Å². The molecular formula is C11H12N4O3. The molecule has 7 heteroatoms. The van der Waals surface area contributed by atoms with Crippen molar-refractivity contribution in [3.05, 3.63) is 23.8 Å². The summed E-state index contributed by atoms with van der Waals surface area (Å²) in [7, 11) is 0. The van der Waals surface area contributed by atoms with Gasteiger partial charge in [0.05, 0.1) is 17.6 Å². The molecule has 2 aromatic rings. The van der Waals surface area contributed by atoms with Crippen molar-refractivity contribution in [3.8, 4) is 0 Å². The van der Waals surface area contributed by atoms with E-state index >= 15 is 0 Å². The lowest BCUT2D eigenvalue weighted by Gasteiger charge is -2.03. The smallest absolute Gasteiger partial charge is 0.335 e. The van der Waals surface area contributed by atoms with Crippen LogP contribution in [0.15, 0.2) is 18.2 Å². The van der Waals surface area contributed by atoms with Gasteiger partial charge in [-0.3, -0.25) is 4.79 Å². The van der Waals surface area contributed by atoms with Gasteiger partial charge in [0, 0.05) is 13.5 Å². The van der Waals surface area contributed by atoms with Gasteiger partial charge in [0.25, 0.3) is 0 Å². The quantitative estimate of drug-likeness (QED) is 0.809. The minimum atomic E-state index is -0.994. The summed E-state index contributed by atoms with van der Waals surface area (Å²) >= 11 is 0. The maximum absolute atomic E-state index is 10.9. The van der Waals surface area contributed by atoms with Crippen LogP contribution >= 0.6 is 0 Å². The number of carbonyl (C=O) groups excluding carboxylic acids is 1. The Labute approximate surface area is 102 Å². The third-order valence-electron chi connectivity index (χ3n) is 2.46. The molecule has 18 heavy (non-hydrogen) atoms. The summed E-state index contributed by atoms with van der Waals surface area (Å²) in [6, 6.07) is 4.61. The molecule has 0 radical (unpaired) electrons.